The zero-order valence-electron chi connectivity index (χ0n) is 12.8. The van der Waals surface area contributed by atoms with Gasteiger partial charge >= 0.3 is 5.97 Å². The third kappa shape index (κ3) is 4.25. The fraction of sp³-hybridized carbons (Fsp3) is 0.375. The summed E-state index contributed by atoms with van der Waals surface area (Å²) in [7, 11) is 0. The number of carbonyl (C=O) groups is 1. The van der Waals surface area contributed by atoms with Gasteiger partial charge in [0.15, 0.2) is 0 Å². The first-order chi connectivity index (χ1) is 10.4. The molecule has 0 saturated heterocycles. The van der Waals surface area contributed by atoms with E-state index in [0.29, 0.717) is 30.2 Å². The average molecular weight is 305 g/mol. The summed E-state index contributed by atoms with van der Waals surface area (Å²) in [5, 5.41) is 12.6. The van der Waals surface area contributed by atoms with Crippen molar-refractivity contribution in [3.8, 4) is 5.75 Å². The zero-order chi connectivity index (χ0) is 16.2. The SMILES string of the molecule is C/C(=C\CCOc1ccc(C2=NOC(C)(C)O2)cc1)C(=O)O. The van der Waals surface area contributed by atoms with Crippen LogP contribution in [-0.4, -0.2) is 29.4 Å². The minimum absolute atomic E-state index is 0.318. The topological polar surface area (TPSA) is 77.3 Å². The van der Waals surface area contributed by atoms with E-state index in [1.54, 1.807) is 39.0 Å². The second-order valence-electron chi connectivity index (χ2n) is 5.34. The molecule has 2 rings (SSSR count). The summed E-state index contributed by atoms with van der Waals surface area (Å²) in [5.41, 5.74) is 1.12. The van der Waals surface area contributed by atoms with Crippen LogP contribution in [0.4, 0.5) is 0 Å². The molecule has 22 heavy (non-hydrogen) atoms. The Morgan fingerprint density at radius 2 is 2.05 bits per heavy atom. The molecule has 0 unspecified atom stereocenters. The molecule has 0 amide bonds. The van der Waals surface area contributed by atoms with Gasteiger partial charge in [-0.15, -0.1) is 0 Å². The van der Waals surface area contributed by atoms with Crippen molar-refractivity contribution in [1.29, 1.82) is 0 Å². The maximum atomic E-state index is 10.6. The normalized spacial score (nSPS) is 16.5. The van der Waals surface area contributed by atoms with Gasteiger partial charge in [-0.05, 0) is 36.3 Å². The van der Waals surface area contributed by atoms with Crippen LogP contribution in [0.1, 0.15) is 32.8 Å². The maximum absolute atomic E-state index is 10.6. The van der Waals surface area contributed by atoms with Crippen LogP contribution in [-0.2, 0) is 14.4 Å². The van der Waals surface area contributed by atoms with Gasteiger partial charge in [0.05, 0.1) is 6.61 Å². The Morgan fingerprint density at radius 3 is 2.59 bits per heavy atom. The number of hydrogen-bond donors (Lipinski definition) is 1. The minimum Gasteiger partial charge on any atom is -0.493 e. The number of rotatable bonds is 6. The molecule has 0 aromatic heterocycles. The van der Waals surface area contributed by atoms with Gasteiger partial charge in [0.1, 0.15) is 5.75 Å². The van der Waals surface area contributed by atoms with Crippen LogP contribution in [0.2, 0.25) is 0 Å². The molecule has 0 saturated carbocycles. The fourth-order valence-electron chi connectivity index (χ4n) is 1.77. The van der Waals surface area contributed by atoms with Crippen LogP contribution < -0.4 is 4.74 Å². The van der Waals surface area contributed by atoms with E-state index in [1.165, 1.54) is 0 Å². The molecule has 0 radical (unpaired) electrons. The quantitative estimate of drug-likeness (QED) is 0.646. The Balaban J connectivity index is 1.85. The summed E-state index contributed by atoms with van der Waals surface area (Å²) in [6, 6.07) is 7.27. The second-order valence-corrected chi connectivity index (χ2v) is 5.34. The van der Waals surface area contributed by atoms with Crippen molar-refractivity contribution in [2.24, 2.45) is 5.16 Å². The van der Waals surface area contributed by atoms with Crippen molar-refractivity contribution in [3.05, 3.63) is 41.5 Å². The molecule has 1 aliphatic rings. The van der Waals surface area contributed by atoms with Gasteiger partial charge in [-0.3, -0.25) is 0 Å². The molecule has 1 aromatic carbocycles. The largest absolute Gasteiger partial charge is 0.493 e. The molecule has 1 heterocycles. The van der Waals surface area contributed by atoms with Gasteiger partial charge in [0.2, 0.25) is 0 Å². The lowest BCUT2D eigenvalue weighted by molar-refractivity contribution is -0.132. The molecule has 1 aliphatic heterocycles. The summed E-state index contributed by atoms with van der Waals surface area (Å²) in [4.78, 5) is 15.8. The highest BCUT2D eigenvalue weighted by Gasteiger charge is 2.30. The molecule has 118 valence electrons. The van der Waals surface area contributed by atoms with E-state index < -0.39 is 11.8 Å². The predicted octanol–water partition coefficient (Wildman–Crippen LogP) is 2.93. The Bertz CT molecular complexity index is 601. The highest BCUT2D eigenvalue weighted by Crippen LogP contribution is 2.23. The van der Waals surface area contributed by atoms with Crippen LogP contribution >= 0.6 is 0 Å². The van der Waals surface area contributed by atoms with Crippen molar-refractivity contribution >= 4 is 11.9 Å². The van der Waals surface area contributed by atoms with Gasteiger partial charge in [-0.1, -0.05) is 6.08 Å². The van der Waals surface area contributed by atoms with Crippen molar-refractivity contribution in [3.63, 3.8) is 0 Å². The number of hydrogen-bond acceptors (Lipinski definition) is 5. The Labute approximate surface area is 129 Å². The Kier molecular flexibility index (Phi) is 4.70. The fourth-order valence-corrected chi connectivity index (χ4v) is 1.77. The van der Waals surface area contributed by atoms with Gasteiger partial charge in [0, 0.05) is 31.4 Å². The first-order valence-corrected chi connectivity index (χ1v) is 6.96. The lowest BCUT2D eigenvalue weighted by atomic mass is 10.2. The van der Waals surface area contributed by atoms with E-state index >= 15 is 0 Å². The molecule has 1 N–H and O–H groups in total. The van der Waals surface area contributed by atoms with Crippen LogP contribution in [0.5, 0.6) is 5.75 Å². The molecular weight excluding hydrogens is 286 g/mol. The van der Waals surface area contributed by atoms with Crippen LogP contribution in [0.25, 0.3) is 0 Å². The number of aliphatic carboxylic acids is 1. The first-order valence-electron chi connectivity index (χ1n) is 6.96. The highest BCUT2D eigenvalue weighted by atomic mass is 16.8. The number of carboxylic acid groups (broad SMARTS) is 1. The van der Waals surface area contributed by atoms with Crippen molar-refractivity contribution in [1.82, 2.24) is 0 Å². The van der Waals surface area contributed by atoms with Gasteiger partial charge in [-0.25, -0.2) is 4.79 Å². The first kappa shape index (κ1) is 15.9. The molecular formula is C16H19NO5. The lowest BCUT2D eigenvalue weighted by Gasteiger charge is -2.14. The summed E-state index contributed by atoms with van der Waals surface area (Å²) in [6.45, 7) is 5.54. The third-order valence-corrected chi connectivity index (χ3v) is 2.97. The van der Waals surface area contributed by atoms with Crippen LogP contribution in [0.15, 0.2) is 41.1 Å². The van der Waals surface area contributed by atoms with Gasteiger partial charge < -0.3 is 19.4 Å². The van der Waals surface area contributed by atoms with Crippen LogP contribution in [0.3, 0.4) is 0 Å². The van der Waals surface area contributed by atoms with Crippen LogP contribution in [0, 0.1) is 0 Å². The molecule has 0 atom stereocenters. The number of nitrogens with zero attached hydrogens (tertiary/aromatic N) is 1. The Morgan fingerprint density at radius 1 is 1.36 bits per heavy atom. The average Bonchev–Trinajstić information content (AvgIpc) is 2.84. The van der Waals surface area contributed by atoms with Crippen molar-refractivity contribution < 1.29 is 24.2 Å². The molecule has 0 aliphatic carbocycles. The number of ether oxygens (including phenoxy) is 2. The smallest absolute Gasteiger partial charge is 0.330 e. The summed E-state index contributed by atoms with van der Waals surface area (Å²) >= 11 is 0. The minimum atomic E-state index is -0.910. The van der Waals surface area contributed by atoms with Gasteiger partial charge in [0.25, 0.3) is 11.7 Å². The second kappa shape index (κ2) is 6.51. The molecule has 6 nitrogen and oxygen atoms in total. The monoisotopic (exact) mass is 305 g/mol. The molecule has 0 bridgehead atoms. The molecule has 1 aromatic rings. The third-order valence-electron chi connectivity index (χ3n) is 2.97. The van der Waals surface area contributed by atoms with Gasteiger partial charge in [-0.2, -0.15) is 0 Å². The van der Waals surface area contributed by atoms with E-state index in [-0.39, 0.29) is 0 Å². The van der Waals surface area contributed by atoms with Crippen molar-refractivity contribution in [2.75, 3.05) is 6.61 Å². The van der Waals surface area contributed by atoms with E-state index in [9.17, 15) is 4.79 Å². The number of oxime groups is 1. The summed E-state index contributed by atoms with van der Waals surface area (Å²) < 4.78 is 11.1. The molecule has 0 fully saturated rings. The Hall–Kier alpha value is -2.50. The standard InChI is InChI=1S/C16H19NO5/c1-11(15(18)19)5-4-10-20-13-8-6-12(7-9-13)14-17-22-16(2,3)21-14/h5-9H,4,10H2,1-3H3,(H,18,19)/b11-5+. The maximum Gasteiger partial charge on any atom is 0.330 e. The summed E-state index contributed by atoms with van der Waals surface area (Å²) in [6.07, 6.45) is 2.18. The highest BCUT2D eigenvalue weighted by molar-refractivity contribution is 5.94. The number of carboxylic acids is 1. The number of benzene rings is 1. The van der Waals surface area contributed by atoms with E-state index in [2.05, 4.69) is 5.16 Å². The van der Waals surface area contributed by atoms with E-state index in [4.69, 9.17) is 19.4 Å². The van der Waals surface area contributed by atoms with Crippen molar-refractivity contribution in [2.45, 2.75) is 33.0 Å². The molecule has 6 heteroatoms. The summed E-state index contributed by atoms with van der Waals surface area (Å²) in [5.74, 6) is -0.508. The molecule has 0 spiro atoms. The van der Waals surface area contributed by atoms with E-state index in [1.807, 2.05) is 12.1 Å². The lowest BCUT2D eigenvalue weighted by Crippen LogP contribution is -2.22. The predicted molar refractivity (Wildman–Crippen MR) is 80.7 cm³/mol. The van der Waals surface area contributed by atoms with E-state index in [0.717, 1.165) is 5.56 Å². The zero-order valence-corrected chi connectivity index (χ0v) is 12.8.